The molecular formula is C14H18N2OS2. The summed E-state index contributed by atoms with van der Waals surface area (Å²) in [4.78, 5) is 7.10. The Morgan fingerprint density at radius 1 is 1.47 bits per heavy atom. The maximum atomic E-state index is 9.75. The molecule has 102 valence electrons. The molecule has 1 N–H and O–H groups in total. The predicted molar refractivity (Wildman–Crippen MR) is 80.5 cm³/mol. The largest absolute Gasteiger partial charge is 0.393 e. The second kappa shape index (κ2) is 5.71. The van der Waals surface area contributed by atoms with Crippen LogP contribution in [0.25, 0.3) is 10.6 Å². The van der Waals surface area contributed by atoms with Gasteiger partial charge in [0.2, 0.25) is 0 Å². The van der Waals surface area contributed by atoms with E-state index in [4.69, 9.17) is 4.98 Å². The van der Waals surface area contributed by atoms with Crippen LogP contribution < -0.4 is 0 Å². The average molecular weight is 294 g/mol. The van der Waals surface area contributed by atoms with Crippen LogP contribution in [0.2, 0.25) is 0 Å². The molecule has 2 aromatic rings. The molecule has 1 fully saturated rings. The molecule has 5 heteroatoms. The number of rotatable bonds is 3. The fraction of sp³-hybridized carbons (Fsp3) is 0.500. The lowest BCUT2D eigenvalue weighted by Crippen LogP contribution is -2.41. The van der Waals surface area contributed by atoms with Gasteiger partial charge in [0.15, 0.2) is 0 Å². The van der Waals surface area contributed by atoms with E-state index in [9.17, 15) is 5.11 Å². The summed E-state index contributed by atoms with van der Waals surface area (Å²) in [5.41, 5.74) is 2.37. The maximum absolute atomic E-state index is 9.75. The molecule has 2 atom stereocenters. The van der Waals surface area contributed by atoms with Crippen LogP contribution in [0.1, 0.15) is 19.0 Å². The highest BCUT2D eigenvalue weighted by atomic mass is 32.1. The van der Waals surface area contributed by atoms with Gasteiger partial charge in [0.05, 0.1) is 11.8 Å². The van der Waals surface area contributed by atoms with Crippen molar-refractivity contribution in [3.8, 4) is 10.6 Å². The Morgan fingerprint density at radius 3 is 3.11 bits per heavy atom. The second-order valence-electron chi connectivity index (χ2n) is 5.22. The molecule has 0 saturated carbocycles. The van der Waals surface area contributed by atoms with Crippen molar-refractivity contribution in [2.75, 3.05) is 13.1 Å². The number of aliphatic hydroxyl groups excluding tert-OH is 1. The van der Waals surface area contributed by atoms with Crippen LogP contribution in [0, 0.1) is 5.92 Å². The highest BCUT2D eigenvalue weighted by Crippen LogP contribution is 2.27. The summed E-state index contributed by atoms with van der Waals surface area (Å²) in [6.45, 7) is 4.95. The van der Waals surface area contributed by atoms with E-state index < -0.39 is 0 Å². The number of aromatic nitrogens is 1. The zero-order chi connectivity index (χ0) is 13.2. The van der Waals surface area contributed by atoms with Gasteiger partial charge < -0.3 is 5.11 Å². The Balaban J connectivity index is 1.64. The smallest absolute Gasteiger partial charge is 0.124 e. The number of aliphatic hydroxyl groups is 1. The molecule has 2 unspecified atom stereocenters. The first kappa shape index (κ1) is 13.2. The average Bonchev–Trinajstić information content (AvgIpc) is 3.04. The third-order valence-electron chi connectivity index (χ3n) is 3.65. The Morgan fingerprint density at radius 2 is 2.37 bits per heavy atom. The summed E-state index contributed by atoms with van der Waals surface area (Å²) in [5, 5.41) is 17.2. The summed E-state index contributed by atoms with van der Waals surface area (Å²) < 4.78 is 0. The van der Waals surface area contributed by atoms with Crippen LogP contribution >= 0.6 is 22.7 Å². The SMILES string of the molecule is CC1CN(Cc2csc(-c3ccsc3)n2)CCC1O. The lowest BCUT2D eigenvalue weighted by atomic mass is 9.97. The van der Waals surface area contributed by atoms with E-state index in [-0.39, 0.29) is 6.10 Å². The number of thiophene rings is 1. The molecule has 1 saturated heterocycles. The van der Waals surface area contributed by atoms with Gasteiger partial charge in [-0.15, -0.1) is 11.3 Å². The Labute approximate surface area is 121 Å². The maximum Gasteiger partial charge on any atom is 0.124 e. The summed E-state index contributed by atoms with van der Waals surface area (Å²) >= 11 is 3.43. The number of hydrogen-bond acceptors (Lipinski definition) is 5. The summed E-state index contributed by atoms with van der Waals surface area (Å²) in [5.74, 6) is 0.365. The van der Waals surface area contributed by atoms with Crippen molar-refractivity contribution in [3.63, 3.8) is 0 Å². The van der Waals surface area contributed by atoms with Crippen molar-refractivity contribution in [1.29, 1.82) is 0 Å². The highest BCUT2D eigenvalue weighted by molar-refractivity contribution is 7.14. The standard InChI is InChI=1S/C14H18N2OS2/c1-10-6-16(4-2-13(10)17)7-12-9-19-14(15-12)11-3-5-18-8-11/h3,5,8-10,13,17H,2,4,6-7H2,1H3. The molecule has 1 aliphatic heterocycles. The van der Waals surface area contributed by atoms with E-state index in [1.165, 1.54) is 5.56 Å². The molecule has 2 aromatic heterocycles. The molecular weight excluding hydrogens is 276 g/mol. The first-order valence-corrected chi connectivity index (χ1v) is 8.42. The van der Waals surface area contributed by atoms with Crippen molar-refractivity contribution in [1.82, 2.24) is 9.88 Å². The molecule has 3 nitrogen and oxygen atoms in total. The van der Waals surface area contributed by atoms with Gasteiger partial charge in [-0.25, -0.2) is 4.98 Å². The van der Waals surface area contributed by atoms with Crippen molar-refractivity contribution in [2.45, 2.75) is 26.0 Å². The summed E-state index contributed by atoms with van der Waals surface area (Å²) in [6, 6.07) is 2.12. The van der Waals surface area contributed by atoms with Gasteiger partial charge in [0, 0.05) is 36.0 Å². The van der Waals surface area contributed by atoms with Crippen LogP contribution in [-0.4, -0.2) is 34.2 Å². The molecule has 0 radical (unpaired) electrons. The first-order chi connectivity index (χ1) is 9.22. The lowest BCUT2D eigenvalue weighted by Gasteiger charge is -2.33. The number of piperidine rings is 1. The molecule has 3 heterocycles. The molecule has 0 bridgehead atoms. The minimum atomic E-state index is -0.131. The third-order valence-corrected chi connectivity index (χ3v) is 5.27. The normalized spacial score (nSPS) is 24.7. The summed E-state index contributed by atoms with van der Waals surface area (Å²) in [6.07, 6.45) is 0.746. The molecule has 1 aliphatic rings. The van der Waals surface area contributed by atoms with E-state index in [0.29, 0.717) is 5.92 Å². The predicted octanol–water partition coefficient (Wildman–Crippen LogP) is 3.07. The first-order valence-electron chi connectivity index (χ1n) is 6.60. The van der Waals surface area contributed by atoms with Gasteiger partial charge in [-0.05, 0) is 23.8 Å². The number of hydrogen-bond donors (Lipinski definition) is 1. The Bertz CT molecular complexity index is 523. The van der Waals surface area contributed by atoms with Gasteiger partial charge in [-0.2, -0.15) is 11.3 Å². The van der Waals surface area contributed by atoms with Crippen LogP contribution in [0.15, 0.2) is 22.2 Å². The fourth-order valence-electron chi connectivity index (χ4n) is 2.49. The minimum Gasteiger partial charge on any atom is -0.393 e. The fourth-order valence-corrected chi connectivity index (χ4v) is 4.01. The van der Waals surface area contributed by atoms with Crippen LogP contribution in [0.5, 0.6) is 0 Å². The van der Waals surface area contributed by atoms with E-state index in [0.717, 1.165) is 36.8 Å². The topological polar surface area (TPSA) is 36.4 Å². The quantitative estimate of drug-likeness (QED) is 0.945. The number of thiazole rings is 1. The van der Waals surface area contributed by atoms with Gasteiger partial charge >= 0.3 is 0 Å². The van der Waals surface area contributed by atoms with Crippen LogP contribution in [-0.2, 0) is 6.54 Å². The zero-order valence-electron chi connectivity index (χ0n) is 11.0. The van der Waals surface area contributed by atoms with Crippen molar-refractivity contribution >= 4 is 22.7 Å². The minimum absolute atomic E-state index is 0.131. The highest BCUT2D eigenvalue weighted by Gasteiger charge is 2.24. The van der Waals surface area contributed by atoms with E-state index in [1.54, 1.807) is 22.7 Å². The molecule has 0 aromatic carbocycles. The van der Waals surface area contributed by atoms with Gasteiger partial charge in [0.25, 0.3) is 0 Å². The number of likely N-dealkylation sites (tertiary alicyclic amines) is 1. The van der Waals surface area contributed by atoms with Crippen molar-refractivity contribution in [3.05, 3.63) is 27.9 Å². The lowest BCUT2D eigenvalue weighted by molar-refractivity contribution is 0.0316. The number of nitrogens with zero attached hydrogens (tertiary/aromatic N) is 2. The van der Waals surface area contributed by atoms with Gasteiger partial charge in [0.1, 0.15) is 5.01 Å². The molecule has 3 rings (SSSR count). The van der Waals surface area contributed by atoms with E-state index in [2.05, 4.69) is 34.0 Å². The Hall–Kier alpha value is -0.750. The summed E-state index contributed by atoms with van der Waals surface area (Å²) in [7, 11) is 0. The van der Waals surface area contributed by atoms with Crippen LogP contribution in [0.3, 0.4) is 0 Å². The molecule has 0 aliphatic carbocycles. The second-order valence-corrected chi connectivity index (χ2v) is 6.86. The van der Waals surface area contributed by atoms with E-state index >= 15 is 0 Å². The third kappa shape index (κ3) is 3.05. The van der Waals surface area contributed by atoms with Gasteiger partial charge in [-0.1, -0.05) is 6.92 Å². The molecule has 0 spiro atoms. The Kier molecular flexibility index (Phi) is 3.98. The van der Waals surface area contributed by atoms with E-state index in [1.807, 2.05) is 0 Å². The molecule has 0 amide bonds. The monoisotopic (exact) mass is 294 g/mol. The van der Waals surface area contributed by atoms with Crippen LogP contribution in [0.4, 0.5) is 0 Å². The van der Waals surface area contributed by atoms with Gasteiger partial charge in [-0.3, -0.25) is 4.90 Å². The van der Waals surface area contributed by atoms with Crippen molar-refractivity contribution < 1.29 is 5.11 Å². The molecule has 19 heavy (non-hydrogen) atoms. The van der Waals surface area contributed by atoms with Crippen molar-refractivity contribution in [2.24, 2.45) is 5.92 Å². The zero-order valence-corrected chi connectivity index (χ0v) is 12.6.